The Hall–Kier alpha value is -7.94. The minimum atomic E-state index is 0.713. The molecule has 288 valence electrons. The van der Waals surface area contributed by atoms with E-state index >= 15 is 0 Å². The second-order valence-electron chi connectivity index (χ2n) is 15.7. The summed E-state index contributed by atoms with van der Waals surface area (Å²) in [6, 6.07) is 88.1. The normalized spacial score (nSPS) is 11.3. The lowest BCUT2D eigenvalue weighted by molar-refractivity contribution is 0.977. The highest BCUT2D eigenvalue weighted by Gasteiger charge is 2.18. The Morgan fingerprint density at radius 2 is 0.852 bits per heavy atom. The number of aromatic nitrogens is 1. The van der Waals surface area contributed by atoms with Gasteiger partial charge in [0.2, 0.25) is 0 Å². The minimum Gasteiger partial charge on any atom is -0.337 e. The van der Waals surface area contributed by atoms with Gasteiger partial charge in [0.1, 0.15) is 0 Å². The summed E-state index contributed by atoms with van der Waals surface area (Å²) >= 11 is 0. The monoisotopic (exact) mass is 778 g/mol. The molecule has 0 unspecified atom stereocenters. The number of nitrogens with zero attached hydrogens (tertiary/aromatic N) is 2. The fraction of sp³-hybridized carbons (Fsp3) is 0.0169. The Bertz CT molecular complexity index is 3310. The van der Waals surface area contributed by atoms with Gasteiger partial charge in [0, 0.05) is 34.4 Å². The van der Waals surface area contributed by atoms with Crippen LogP contribution in [0.5, 0.6) is 0 Å². The quantitative estimate of drug-likeness (QED) is 0.142. The van der Waals surface area contributed by atoms with E-state index in [-0.39, 0.29) is 0 Å². The molecule has 10 aromatic carbocycles. The van der Waals surface area contributed by atoms with E-state index in [2.05, 4.69) is 252 Å². The van der Waals surface area contributed by atoms with E-state index in [1.807, 2.05) is 0 Å². The zero-order valence-electron chi connectivity index (χ0n) is 33.7. The number of benzene rings is 10. The SMILES string of the molecule is c1ccc(-c2ccc(-c3ccc(N(Cc4ccccc4-c4cccc(-c5cccc6c5c5ccccc5n6-c5ccc6ccccc6c5)c4)c4ccccc4)cc3)cc2)cc1. The smallest absolute Gasteiger partial charge is 0.0547 e. The van der Waals surface area contributed by atoms with Crippen LogP contribution in [-0.4, -0.2) is 4.57 Å². The van der Waals surface area contributed by atoms with E-state index in [1.165, 1.54) is 88.3 Å². The van der Waals surface area contributed by atoms with Crippen LogP contribution in [0.15, 0.2) is 243 Å². The number of para-hydroxylation sites is 2. The van der Waals surface area contributed by atoms with Gasteiger partial charge in [-0.2, -0.15) is 0 Å². The first-order valence-electron chi connectivity index (χ1n) is 21.0. The van der Waals surface area contributed by atoms with Crippen molar-refractivity contribution in [2.24, 2.45) is 0 Å². The van der Waals surface area contributed by atoms with Gasteiger partial charge in [-0.3, -0.25) is 0 Å². The van der Waals surface area contributed by atoms with E-state index < -0.39 is 0 Å². The molecule has 11 aromatic rings. The first kappa shape index (κ1) is 36.2. The molecule has 0 fully saturated rings. The molecule has 2 heteroatoms. The Labute approximate surface area is 356 Å². The van der Waals surface area contributed by atoms with Crippen molar-refractivity contribution in [3.63, 3.8) is 0 Å². The van der Waals surface area contributed by atoms with Crippen molar-refractivity contribution in [3.05, 3.63) is 248 Å². The van der Waals surface area contributed by atoms with Crippen molar-refractivity contribution in [2.75, 3.05) is 4.90 Å². The molecule has 1 heterocycles. The predicted molar refractivity (Wildman–Crippen MR) is 259 cm³/mol. The number of anilines is 2. The first-order chi connectivity index (χ1) is 30.2. The van der Waals surface area contributed by atoms with Crippen molar-refractivity contribution in [2.45, 2.75) is 6.54 Å². The molecule has 2 nitrogen and oxygen atoms in total. The summed E-state index contributed by atoms with van der Waals surface area (Å²) in [5.74, 6) is 0. The molecule has 0 bridgehead atoms. The van der Waals surface area contributed by atoms with Crippen molar-refractivity contribution in [3.8, 4) is 50.2 Å². The van der Waals surface area contributed by atoms with Gasteiger partial charge in [0.15, 0.2) is 0 Å². The van der Waals surface area contributed by atoms with Crippen molar-refractivity contribution in [1.29, 1.82) is 0 Å². The Balaban J connectivity index is 0.950. The predicted octanol–water partition coefficient (Wildman–Crippen LogP) is 15.9. The highest BCUT2D eigenvalue weighted by atomic mass is 15.1. The van der Waals surface area contributed by atoms with Gasteiger partial charge in [0.25, 0.3) is 0 Å². The van der Waals surface area contributed by atoms with Crippen LogP contribution < -0.4 is 4.90 Å². The van der Waals surface area contributed by atoms with Gasteiger partial charge in [-0.25, -0.2) is 0 Å². The van der Waals surface area contributed by atoms with Crippen molar-refractivity contribution < 1.29 is 0 Å². The van der Waals surface area contributed by atoms with Gasteiger partial charge in [-0.15, -0.1) is 0 Å². The van der Waals surface area contributed by atoms with Crippen LogP contribution in [0, 0.1) is 0 Å². The van der Waals surface area contributed by atoms with Crippen LogP contribution >= 0.6 is 0 Å². The topological polar surface area (TPSA) is 8.17 Å². The fourth-order valence-corrected chi connectivity index (χ4v) is 9.08. The summed E-state index contributed by atoms with van der Waals surface area (Å²) in [6.07, 6.45) is 0. The maximum Gasteiger partial charge on any atom is 0.0547 e. The Morgan fingerprint density at radius 3 is 1.62 bits per heavy atom. The molecule has 0 saturated carbocycles. The summed E-state index contributed by atoms with van der Waals surface area (Å²) in [7, 11) is 0. The molecular formula is C59H42N2. The number of hydrogen-bond donors (Lipinski definition) is 0. The van der Waals surface area contributed by atoms with Crippen molar-refractivity contribution >= 4 is 44.0 Å². The second-order valence-corrected chi connectivity index (χ2v) is 15.7. The van der Waals surface area contributed by atoms with E-state index in [0.29, 0.717) is 6.54 Å². The zero-order valence-corrected chi connectivity index (χ0v) is 33.7. The lowest BCUT2D eigenvalue weighted by Gasteiger charge is -2.27. The van der Waals surface area contributed by atoms with Gasteiger partial charge in [-0.1, -0.05) is 188 Å². The van der Waals surface area contributed by atoms with Gasteiger partial charge in [-0.05, 0) is 115 Å². The van der Waals surface area contributed by atoms with Crippen LogP contribution in [0.4, 0.5) is 11.4 Å². The van der Waals surface area contributed by atoms with E-state index in [9.17, 15) is 0 Å². The van der Waals surface area contributed by atoms with Crippen LogP contribution in [0.25, 0.3) is 82.8 Å². The molecule has 0 spiro atoms. The van der Waals surface area contributed by atoms with Crippen LogP contribution in [0.2, 0.25) is 0 Å². The third-order valence-electron chi connectivity index (χ3n) is 12.1. The van der Waals surface area contributed by atoms with Crippen LogP contribution in [0.3, 0.4) is 0 Å². The van der Waals surface area contributed by atoms with Crippen LogP contribution in [0.1, 0.15) is 5.56 Å². The second kappa shape index (κ2) is 15.7. The maximum atomic E-state index is 2.42. The molecule has 11 rings (SSSR count). The largest absolute Gasteiger partial charge is 0.337 e. The summed E-state index contributed by atoms with van der Waals surface area (Å²) in [4.78, 5) is 2.42. The fourth-order valence-electron chi connectivity index (χ4n) is 9.08. The van der Waals surface area contributed by atoms with E-state index in [4.69, 9.17) is 0 Å². The minimum absolute atomic E-state index is 0.713. The maximum absolute atomic E-state index is 2.42. The third kappa shape index (κ3) is 6.84. The standard InChI is InChI=1S/C59H42N2/c1-3-15-42(16-4-1)44-29-31-45(32-30-44)46-33-36-52(37-34-46)60(51-22-5-2-6-23-51)41-50-19-9-10-24-54(50)48-20-13-21-49(39-48)55-26-14-28-58-59(55)56-25-11-12-27-57(56)61(58)53-38-35-43-17-7-8-18-47(43)40-53/h1-40H,41H2. The number of fused-ring (bicyclic) bond motifs is 4. The molecule has 1 aromatic heterocycles. The molecule has 0 aliphatic rings. The molecule has 61 heavy (non-hydrogen) atoms. The van der Waals surface area contributed by atoms with Crippen molar-refractivity contribution in [1.82, 2.24) is 4.57 Å². The molecule has 0 N–H and O–H groups in total. The average Bonchev–Trinajstić information content (AvgIpc) is 3.68. The molecule has 0 amide bonds. The summed E-state index contributed by atoms with van der Waals surface area (Å²) in [5.41, 5.74) is 16.8. The number of hydrogen-bond acceptors (Lipinski definition) is 1. The molecule has 0 saturated heterocycles. The van der Waals surface area contributed by atoms with Gasteiger partial charge < -0.3 is 9.47 Å². The molecule has 0 atom stereocenters. The third-order valence-corrected chi connectivity index (χ3v) is 12.1. The summed E-state index contributed by atoms with van der Waals surface area (Å²) in [5, 5.41) is 5.00. The Morgan fingerprint density at radius 1 is 0.328 bits per heavy atom. The Kier molecular flexibility index (Phi) is 9.29. The summed E-state index contributed by atoms with van der Waals surface area (Å²) in [6.45, 7) is 0.713. The lowest BCUT2D eigenvalue weighted by atomic mass is 9.93. The average molecular weight is 779 g/mol. The van der Waals surface area contributed by atoms with Gasteiger partial charge in [0.05, 0.1) is 11.0 Å². The highest BCUT2D eigenvalue weighted by Crippen LogP contribution is 2.41. The molecule has 0 aliphatic carbocycles. The molecular weight excluding hydrogens is 737 g/mol. The molecule has 0 aliphatic heterocycles. The summed E-state index contributed by atoms with van der Waals surface area (Å²) < 4.78 is 2.42. The molecule has 0 radical (unpaired) electrons. The number of rotatable bonds is 9. The highest BCUT2D eigenvalue weighted by molar-refractivity contribution is 6.16. The zero-order chi connectivity index (χ0) is 40.5. The van der Waals surface area contributed by atoms with Gasteiger partial charge >= 0.3 is 0 Å². The van der Waals surface area contributed by atoms with E-state index in [0.717, 1.165) is 11.4 Å². The lowest BCUT2D eigenvalue weighted by Crippen LogP contribution is -2.17. The van der Waals surface area contributed by atoms with Crippen LogP contribution in [-0.2, 0) is 6.54 Å². The first-order valence-corrected chi connectivity index (χ1v) is 21.0. The van der Waals surface area contributed by atoms with E-state index in [1.54, 1.807) is 0 Å².